The van der Waals surface area contributed by atoms with Gasteiger partial charge in [-0.05, 0) is 66.2 Å². The van der Waals surface area contributed by atoms with Crippen LogP contribution < -0.4 is 21.3 Å². The number of hydrogen-bond acceptors (Lipinski definition) is 1. The third kappa shape index (κ3) is 3.53. The molecule has 1 nitrogen and oxygen atoms in total. The van der Waals surface area contributed by atoms with E-state index in [4.69, 9.17) is 0 Å². The van der Waals surface area contributed by atoms with Crippen LogP contribution in [0.2, 0.25) is 0 Å². The summed E-state index contributed by atoms with van der Waals surface area (Å²) in [4.78, 5) is 2.42. The van der Waals surface area contributed by atoms with Crippen molar-refractivity contribution in [1.29, 1.82) is 0 Å². The Morgan fingerprint density at radius 3 is 1.93 bits per heavy atom. The molecule has 0 radical (unpaired) electrons. The quantitative estimate of drug-likeness (QED) is 0.159. The summed E-state index contributed by atoms with van der Waals surface area (Å²) in [5, 5.41) is 7.91. The zero-order valence-corrected chi connectivity index (χ0v) is 24.0. The first kappa shape index (κ1) is 24.3. The van der Waals surface area contributed by atoms with Crippen LogP contribution >= 0.6 is 0 Å². The van der Waals surface area contributed by atoms with E-state index >= 15 is 0 Å². The highest BCUT2D eigenvalue weighted by Crippen LogP contribution is 2.44. The average Bonchev–Trinajstić information content (AvgIpc) is 3.08. The molecule has 0 atom stereocenters. The molecular formula is C41H28BN. The zero-order valence-electron chi connectivity index (χ0n) is 24.0. The summed E-state index contributed by atoms with van der Waals surface area (Å²) >= 11 is 0. The number of benzene rings is 8. The van der Waals surface area contributed by atoms with Crippen LogP contribution in [0, 0.1) is 0 Å². The molecule has 0 amide bonds. The lowest BCUT2D eigenvalue weighted by molar-refractivity contribution is 1.23. The highest BCUT2D eigenvalue weighted by molar-refractivity contribution is 6.98. The van der Waals surface area contributed by atoms with Crippen LogP contribution in [-0.2, 0) is 0 Å². The first-order valence-corrected chi connectivity index (χ1v) is 15.0. The van der Waals surface area contributed by atoms with Gasteiger partial charge < -0.3 is 4.90 Å². The number of hydrogen-bond donors (Lipinski definition) is 0. The monoisotopic (exact) mass is 545 g/mol. The third-order valence-electron chi connectivity index (χ3n) is 9.47. The first-order valence-electron chi connectivity index (χ1n) is 15.0. The fraction of sp³-hybridized carbons (Fsp3) is 0.0244. The molecule has 0 N–H and O–H groups in total. The van der Waals surface area contributed by atoms with Gasteiger partial charge in [-0.15, -0.1) is 0 Å². The van der Waals surface area contributed by atoms with E-state index < -0.39 is 0 Å². The fourth-order valence-corrected chi connectivity index (χ4v) is 7.63. The minimum Gasteiger partial charge on any atom is -0.345 e. The van der Waals surface area contributed by atoms with Gasteiger partial charge in [-0.1, -0.05) is 151 Å². The molecule has 0 unspecified atom stereocenters. The molecule has 8 aromatic carbocycles. The number of anilines is 2. The molecule has 1 heterocycles. The fourth-order valence-electron chi connectivity index (χ4n) is 7.63. The molecule has 200 valence electrons. The van der Waals surface area contributed by atoms with E-state index in [1.54, 1.807) is 0 Å². The van der Waals surface area contributed by atoms with Gasteiger partial charge in [0, 0.05) is 23.8 Å². The van der Waals surface area contributed by atoms with E-state index in [9.17, 15) is 0 Å². The summed E-state index contributed by atoms with van der Waals surface area (Å²) in [6, 6.07) is 55.9. The van der Waals surface area contributed by atoms with E-state index in [0.29, 0.717) is 0 Å². The van der Waals surface area contributed by atoms with E-state index in [0.717, 1.165) is 0 Å². The molecule has 0 bridgehead atoms. The smallest absolute Gasteiger partial charge is 0.246 e. The van der Waals surface area contributed by atoms with Crippen molar-refractivity contribution in [2.75, 3.05) is 11.9 Å². The molecule has 0 fully saturated rings. The maximum atomic E-state index is 2.46. The molecule has 0 aliphatic carbocycles. The van der Waals surface area contributed by atoms with Gasteiger partial charge in [-0.25, -0.2) is 0 Å². The number of nitrogens with zero attached hydrogens (tertiary/aromatic N) is 1. The minimum atomic E-state index is 0.179. The molecule has 43 heavy (non-hydrogen) atoms. The zero-order chi connectivity index (χ0) is 28.5. The highest BCUT2D eigenvalue weighted by Gasteiger charge is 2.34. The van der Waals surface area contributed by atoms with Gasteiger partial charge in [0.05, 0.1) is 0 Å². The van der Waals surface area contributed by atoms with Crippen molar-refractivity contribution in [1.82, 2.24) is 0 Å². The predicted molar refractivity (Wildman–Crippen MR) is 187 cm³/mol. The van der Waals surface area contributed by atoms with E-state index in [1.807, 2.05) is 0 Å². The lowest BCUT2D eigenvalue weighted by Gasteiger charge is -2.36. The second-order valence-electron chi connectivity index (χ2n) is 11.7. The van der Waals surface area contributed by atoms with Crippen molar-refractivity contribution < 1.29 is 0 Å². The Balaban J connectivity index is 1.35. The van der Waals surface area contributed by atoms with Crippen molar-refractivity contribution in [3.05, 3.63) is 152 Å². The average molecular weight is 545 g/mol. The van der Waals surface area contributed by atoms with Gasteiger partial charge in [-0.2, -0.15) is 0 Å². The van der Waals surface area contributed by atoms with Crippen molar-refractivity contribution in [2.24, 2.45) is 0 Å². The third-order valence-corrected chi connectivity index (χ3v) is 9.47. The Morgan fingerprint density at radius 1 is 0.465 bits per heavy atom. The normalized spacial score (nSPS) is 12.7. The molecule has 0 saturated heterocycles. The van der Waals surface area contributed by atoms with Gasteiger partial charge in [-0.3, -0.25) is 0 Å². The second-order valence-corrected chi connectivity index (χ2v) is 11.7. The largest absolute Gasteiger partial charge is 0.345 e. The number of para-hydroxylation sites is 1. The maximum absolute atomic E-state index is 2.46. The minimum absolute atomic E-state index is 0.179. The molecule has 0 aromatic heterocycles. The lowest BCUT2D eigenvalue weighted by atomic mass is 9.35. The van der Waals surface area contributed by atoms with Crippen LogP contribution in [0.25, 0.3) is 54.6 Å². The van der Waals surface area contributed by atoms with Crippen LogP contribution in [0.5, 0.6) is 0 Å². The van der Waals surface area contributed by atoms with Crippen LogP contribution in [0.4, 0.5) is 11.4 Å². The number of rotatable bonds is 3. The van der Waals surface area contributed by atoms with E-state index in [1.165, 1.54) is 82.3 Å². The second kappa shape index (κ2) is 9.34. The van der Waals surface area contributed by atoms with Gasteiger partial charge >= 0.3 is 0 Å². The number of fused-ring (bicyclic) bond motifs is 3. The van der Waals surface area contributed by atoms with Crippen molar-refractivity contribution in [3.8, 4) is 22.3 Å². The van der Waals surface area contributed by atoms with Crippen LogP contribution in [0.15, 0.2) is 152 Å². The maximum Gasteiger partial charge on any atom is 0.246 e. The van der Waals surface area contributed by atoms with Crippen molar-refractivity contribution in [3.63, 3.8) is 0 Å². The summed E-state index contributed by atoms with van der Waals surface area (Å²) in [7, 11) is 2.23. The SMILES string of the molecule is CN1c2ccccc2B(c2ccccc2)c2cc3ccc4c(-c5ccccc5-c5ccccc5)ccc5ccc(c21)c3c54. The molecule has 2 heteroatoms. The van der Waals surface area contributed by atoms with E-state index in [-0.39, 0.29) is 6.71 Å². The summed E-state index contributed by atoms with van der Waals surface area (Å²) < 4.78 is 0. The summed E-state index contributed by atoms with van der Waals surface area (Å²) in [5.74, 6) is 0. The molecule has 9 rings (SSSR count). The summed E-state index contributed by atoms with van der Waals surface area (Å²) in [6.45, 7) is 0.179. The lowest BCUT2D eigenvalue weighted by Crippen LogP contribution is -2.57. The Kier molecular flexibility index (Phi) is 5.27. The van der Waals surface area contributed by atoms with Crippen molar-refractivity contribution >= 4 is 66.8 Å². The van der Waals surface area contributed by atoms with Crippen LogP contribution in [0.3, 0.4) is 0 Å². The van der Waals surface area contributed by atoms with E-state index in [2.05, 4.69) is 164 Å². The highest BCUT2D eigenvalue weighted by atomic mass is 15.1. The predicted octanol–water partition coefficient (Wildman–Crippen LogP) is 8.52. The first-order chi connectivity index (χ1) is 21.3. The Bertz CT molecular complexity index is 2310. The summed E-state index contributed by atoms with van der Waals surface area (Å²) in [5.41, 5.74) is 11.7. The van der Waals surface area contributed by atoms with Crippen LogP contribution in [-0.4, -0.2) is 13.8 Å². The van der Waals surface area contributed by atoms with Crippen molar-refractivity contribution in [2.45, 2.75) is 0 Å². The van der Waals surface area contributed by atoms with Gasteiger partial charge in [0.1, 0.15) is 0 Å². The molecule has 1 aliphatic rings. The Hall–Kier alpha value is -5.34. The molecule has 8 aromatic rings. The van der Waals surface area contributed by atoms with Gasteiger partial charge in [0.25, 0.3) is 0 Å². The molecular weight excluding hydrogens is 517 g/mol. The molecule has 0 saturated carbocycles. The Morgan fingerprint density at radius 2 is 1.09 bits per heavy atom. The topological polar surface area (TPSA) is 3.24 Å². The summed E-state index contributed by atoms with van der Waals surface area (Å²) in [6.07, 6.45) is 0. The standard InChI is InChI=1S/C41H28BN/c1-43-38-19-11-10-18-36(38)42(30-14-6-3-7-15-30)37-26-29-22-24-34-33(23-20-28-21-25-35(41(37)43)40(29)39(28)34)32-17-9-8-16-31(32)27-12-4-2-5-13-27/h2-26H,1H3. The Labute approximate surface area is 252 Å². The van der Waals surface area contributed by atoms with Crippen LogP contribution in [0.1, 0.15) is 0 Å². The van der Waals surface area contributed by atoms with Gasteiger partial charge in [0.15, 0.2) is 0 Å². The molecule has 0 spiro atoms. The molecule has 1 aliphatic heterocycles. The van der Waals surface area contributed by atoms with Gasteiger partial charge in [0.2, 0.25) is 6.71 Å².